The molecule has 15 heavy (non-hydrogen) atoms. The average molecular weight is 221 g/mol. The van der Waals surface area contributed by atoms with Gasteiger partial charge in [-0.3, -0.25) is 0 Å². The molecule has 0 aliphatic carbocycles. The van der Waals surface area contributed by atoms with Crippen molar-refractivity contribution in [1.29, 1.82) is 5.26 Å². The highest BCUT2D eigenvalue weighted by molar-refractivity contribution is 8.00. The molecule has 3 nitrogen and oxygen atoms in total. The lowest BCUT2D eigenvalue weighted by Gasteiger charge is -2.08. The van der Waals surface area contributed by atoms with Crippen LogP contribution in [0.3, 0.4) is 0 Å². The number of benzene rings is 1. The number of rotatable bonds is 4. The molecule has 0 aliphatic rings. The zero-order valence-electron chi connectivity index (χ0n) is 8.30. The Balaban J connectivity index is 2.94. The fourth-order valence-electron chi connectivity index (χ4n) is 1.10. The van der Waals surface area contributed by atoms with Crippen molar-refractivity contribution < 1.29 is 9.90 Å². The molecule has 78 valence electrons. The minimum atomic E-state index is -0.953. The van der Waals surface area contributed by atoms with E-state index in [1.807, 2.05) is 6.92 Å². The maximum atomic E-state index is 10.9. The molecule has 0 aromatic heterocycles. The van der Waals surface area contributed by atoms with E-state index in [0.29, 0.717) is 11.3 Å². The van der Waals surface area contributed by atoms with E-state index in [2.05, 4.69) is 6.07 Å². The van der Waals surface area contributed by atoms with Crippen LogP contribution in [0.4, 0.5) is 0 Å². The predicted octanol–water partition coefficient (Wildman–Crippen LogP) is 2.78. The van der Waals surface area contributed by atoms with Gasteiger partial charge in [-0.1, -0.05) is 19.1 Å². The first kappa shape index (κ1) is 11.6. The van der Waals surface area contributed by atoms with E-state index in [4.69, 9.17) is 10.4 Å². The van der Waals surface area contributed by atoms with Crippen LogP contribution >= 0.6 is 11.8 Å². The van der Waals surface area contributed by atoms with Crippen molar-refractivity contribution >= 4 is 17.7 Å². The number of carbonyl (C=O) groups is 1. The highest BCUT2D eigenvalue weighted by Crippen LogP contribution is 2.28. The predicted molar refractivity (Wildman–Crippen MR) is 59.0 cm³/mol. The first-order valence-electron chi connectivity index (χ1n) is 4.57. The summed E-state index contributed by atoms with van der Waals surface area (Å²) in [6, 6.07) is 8.88. The number of hydrogen-bond acceptors (Lipinski definition) is 3. The molecular weight excluding hydrogens is 210 g/mol. The fraction of sp³-hybridized carbons (Fsp3) is 0.273. The summed E-state index contributed by atoms with van der Waals surface area (Å²) in [6.45, 7) is 1.91. The largest absolute Gasteiger partial charge is 0.478 e. The first-order chi connectivity index (χ1) is 7.19. The topological polar surface area (TPSA) is 61.1 Å². The molecule has 1 unspecified atom stereocenters. The van der Waals surface area contributed by atoms with Gasteiger partial charge in [-0.05, 0) is 18.6 Å². The van der Waals surface area contributed by atoms with Gasteiger partial charge in [-0.25, -0.2) is 4.79 Å². The lowest BCUT2D eigenvalue weighted by molar-refractivity contribution is 0.0693. The molecule has 0 radical (unpaired) electrons. The Morgan fingerprint density at radius 2 is 2.27 bits per heavy atom. The number of aromatic carboxylic acids is 1. The molecule has 0 heterocycles. The van der Waals surface area contributed by atoms with Crippen LogP contribution in [0.1, 0.15) is 23.7 Å². The summed E-state index contributed by atoms with van der Waals surface area (Å²) < 4.78 is 0. The Morgan fingerprint density at radius 1 is 1.60 bits per heavy atom. The Labute approximate surface area is 92.7 Å². The number of hydrogen-bond donors (Lipinski definition) is 1. The van der Waals surface area contributed by atoms with Crippen LogP contribution in [0.15, 0.2) is 29.2 Å². The second-order valence-corrected chi connectivity index (χ2v) is 4.19. The maximum Gasteiger partial charge on any atom is 0.336 e. The maximum absolute atomic E-state index is 10.9. The second-order valence-electron chi connectivity index (χ2n) is 2.95. The molecule has 0 saturated heterocycles. The van der Waals surface area contributed by atoms with Gasteiger partial charge in [0.1, 0.15) is 0 Å². The van der Waals surface area contributed by atoms with Crippen molar-refractivity contribution in [2.75, 3.05) is 0 Å². The van der Waals surface area contributed by atoms with E-state index in [0.717, 1.165) is 0 Å². The minimum Gasteiger partial charge on any atom is -0.478 e. The normalized spacial score (nSPS) is 11.7. The molecule has 1 atom stereocenters. The SMILES string of the molecule is CCC(C#N)Sc1ccccc1C(=O)O. The van der Waals surface area contributed by atoms with E-state index >= 15 is 0 Å². The Morgan fingerprint density at radius 3 is 2.80 bits per heavy atom. The van der Waals surface area contributed by atoms with Gasteiger partial charge in [0.25, 0.3) is 0 Å². The average Bonchev–Trinajstić information content (AvgIpc) is 2.26. The summed E-state index contributed by atoms with van der Waals surface area (Å²) in [5.74, 6) is -0.953. The zero-order chi connectivity index (χ0) is 11.3. The van der Waals surface area contributed by atoms with Gasteiger partial charge in [-0.2, -0.15) is 5.26 Å². The molecule has 0 saturated carbocycles. The van der Waals surface area contributed by atoms with E-state index in [1.54, 1.807) is 24.3 Å². The van der Waals surface area contributed by atoms with Gasteiger partial charge >= 0.3 is 5.97 Å². The molecular formula is C11H11NO2S. The van der Waals surface area contributed by atoms with Crippen molar-refractivity contribution in [3.05, 3.63) is 29.8 Å². The Hall–Kier alpha value is -1.47. The van der Waals surface area contributed by atoms with Crippen LogP contribution in [-0.2, 0) is 0 Å². The van der Waals surface area contributed by atoms with Gasteiger partial charge in [-0.15, -0.1) is 11.8 Å². The number of thioether (sulfide) groups is 1. The van der Waals surface area contributed by atoms with Crippen LogP contribution in [0.25, 0.3) is 0 Å². The van der Waals surface area contributed by atoms with Crippen molar-refractivity contribution in [3.8, 4) is 6.07 Å². The summed E-state index contributed by atoms with van der Waals surface area (Å²) in [4.78, 5) is 11.5. The Bertz CT molecular complexity index is 398. The second kappa shape index (κ2) is 5.42. The first-order valence-corrected chi connectivity index (χ1v) is 5.45. The van der Waals surface area contributed by atoms with Gasteiger partial charge in [0.2, 0.25) is 0 Å². The molecule has 4 heteroatoms. The quantitative estimate of drug-likeness (QED) is 0.794. The fourth-order valence-corrected chi connectivity index (χ4v) is 2.07. The Kier molecular flexibility index (Phi) is 4.19. The zero-order valence-corrected chi connectivity index (χ0v) is 9.12. The highest BCUT2D eigenvalue weighted by atomic mass is 32.2. The number of carboxylic acid groups (broad SMARTS) is 1. The number of carboxylic acids is 1. The molecule has 1 aromatic carbocycles. The number of nitrogens with zero attached hydrogens (tertiary/aromatic N) is 1. The molecule has 0 bridgehead atoms. The van der Waals surface area contributed by atoms with Crippen LogP contribution in [-0.4, -0.2) is 16.3 Å². The van der Waals surface area contributed by atoms with Gasteiger partial charge in [0.15, 0.2) is 0 Å². The van der Waals surface area contributed by atoms with Crippen molar-refractivity contribution in [2.24, 2.45) is 0 Å². The molecule has 1 aromatic rings. The van der Waals surface area contributed by atoms with Crippen LogP contribution in [0.5, 0.6) is 0 Å². The summed E-state index contributed by atoms with van der Waals surface area (Å²) in [5.41, 5.74) is 0.260. The smallest absolute Gasteiger partial charge is 0.336 e. The van der Waals surface area contributed by atoms with Crippen molar-refractivity contribution in [1.82, 2.24) is 0 Å². The van der Waals surface area contributed by atoms with E-state index in [-0.39, 0.29) is 10.8 Å². The van der Waals surface area contributed by atoms with Gasteiger partial charge in [0, 0.05) is 4.90 Å². The molecule has 1 N–H and O–H groups in total. The van der Waals surface area contributed by atoms with Crippen LogP contribution in [0.2, 0.25) is 0 Å². The monoisotopic (exact) mass is 221 g/mol. The molecule has 0 amide bonds. The van der Waals surface area contributed by atoms with Gasteiger partial charge in [0.05, 0.1) is 16.9 Å². The number of nitriles is 1. The highest BCUT2D eigenvalue weighted by Gasteiger charge is 2.13. The molecule has 0 aliphatic heterocycles. The van der Waals surface area contributed by atoms with Gasteiger partial charge < -0.3 is 5.11 Å². The van der Waals surface area contributed by atoms with E-state index < -0.39 is 5.97 Å². The van der Waals surface area contributed by atoms with E-state index in [1.165, 1.54) is 11.8 Å². The summed E-state index contributed by atoms with van der Waals surface area (Å²) >= 11 is 1.30. The van der Waals surface area contributed by atoms with Crippen molar-refractivity contribution in [3.63, 3.8) is 0 Å². The van der Waals surface area contributed by atoms with Crippen LogP contribution in [0, 0.1) is 11.3 Å². The summed E-state index contributed by atoms with van der Waals surface area (Å²) in [6.07, 6.45) is 0.703. The third-order valence-electron chi connectivity index (χ3n) is 1.90. The summed E-state index contributed by atoms with van der Waals surface area (Å²) in [5, 5.41) is 17.5. The molecule has 1 rings (SSSR count). The minimum absolute atomic E-state index is 0.189. The van der Waals surface area contributed by atoms with Crippen LogP contribution < -0.4 is 0 Å². The van der Waals surface area contributed by atoms with E-state index in [9.17, 15) is 4.79 Å². The third-order valence-corrected chi connectivity index (χ3v) is 3.23. The summed E-state index contributed by atoms with van der Waals surface area (Å²) in [7, 11) is 0. The molecule has 0 spiro atoms. The van der Waals surface area contributed by atoms with Crippen molar-refractivity contribution in [2.45, 2.75) is 23.5 Å². The lowest BCUT2D eigenvalue weighted by Crippen LogP contribution is -2.02. The third kappa shape index (κ3) is 3.00. The lowest BCUT2D eigenvalue weighted by atomic mass is 10.2. The standard InChI is InChI=1S/C11H11NO2S/c1-2-8(7-12)15-10-6-4-3-5-9(10)11(13)14/h3-6,8H,2H2,1H3,(H,13,14). The molecule has 0 fully saturated rings.